The molecule has 1 heterocycles. The van der Waals surface area contributed by atoms with Gasteiger partial charge in [-0.3, -0.25) is 4.98 Å². The van der Waals surface area contributed by atoms with Crippen LogP contribution in [0.15, 0.2) is 97.2 Å². The predicted octanol–water partition coefficient (Wildman–Crippen LogP) is 6.22. The van der Waals surface area contributed by atoms with Crippen LogP contribution >= 0.6 is 0 Å². The molecule has 4 rings (SSSR count). The van der Waals surface area contributed by atoms with Crippen molar-refractivity contribution in [2.24, 2.45) is 0 Å². The molecule has 0 aliphatic carbocycles. The summed E-state index contributed by atoms with van der Waals surface area (Å²) >= 11 is 0. The van der Waals surface area contributed by atoms with E-state index >= 15 is 0 Å². The smallest absolute Gasteiger partial charge is 0.123 e. The van der Waals surface area contributed by atoms with Crippen LogP contribution in [0.4, 0.5) is 4.39 Å². The maximum Gasteiger partial charge on any atom is 0.123 e. The van der Waals surface area contributed by atoms with E-state index in [1.54, 1.807) is 18.3 Å². The van der Waals surface area contributed by atoms with Crippen LogP contribution < -0.4 is 0 Å². The molecular weight excluding hydrogens is 309 g/mol. The van der Waals surface area contributed by atoms with E-state index < -0.39 is 0 Å². The Morgan fingerprint density at radius 1 is 0.520 bits per heavy atom. The third kappa shape index (κ3) is 3.33. The van der Waals surface area contributed by atoms with Gasteiger partial charge in [-0.1, -0.05) is 60.7 Å². The molecule has 0 N–H and O–H groups in total. The highest BCUT2D eigenvalue weighted by molar-refractivity contribution is 5.74. The van der Waals surface area contributed by atoms with Crippen molar-refractivity contribution in [3.05, 3.63) is 103 Å². The standard InChI is InChI=1S/C23H16FN/c24-22-13-11-18(12-14-22)21-5-3-4-20(16-21)17-7-9-19(10-8-17)23-6-1-2-15-25-23/h1-16H. The second-order valence-corrected chi connectivity index (χ2v) is 5.88. The van der Waals surface area contributed by atoms with Gasteiger partial charge in [0.15, 0.2) is 0 Å². The van der Waals surface area contributed by atoms with Gasteiger partial charge < -0.3 is 0 Å². The van der Waals surface area contributed by atoms with Crippen LogP contribution in [0.25, 0.3) is 33.5 Å². The Hall–Kier alpha value is -3.26. The monoisotopic (exact) mass is 325 g/mol. The van der Waals surface area contributed by atoms with E-state index in [0.29, 0.717) is 0 Å². The third-order valence-corrected chi connectivity index (χ3v) is 4.22. The zero-order valence-electron chi connectivity index (χ0n) is 13.6. The summed E-state index contributed by atoms with van der Waals surface area (Å²) < 4.78 is 13.1. The molecule has 0 radical (unpaired) electrons. The molecule has 120 valence electrons. The topological polar surface area (TPSA) is 12.9 Å². The van der Waals surface area contributed by atoms with E-state index in [9.17, 15) is 4.39 Å². The van der Waals surface area contributed by atoms with E-state index in [-0.39, 0.29) is 5.82 Å². The average Bonchev–Trinajstić information content (AvgIpc) is 2.69. The number of pyridine rings is 1. The van der Waals surface area contributed by atoms with Gasteiger partial charge in [-0.25, -0.2) is 4.39 Å². The lowest BCUT2D eigenvalue weighted by atomic mass is 9.98. The Morgan fingerprint density at radius 3 is 1.72 bits per heavy atom. The summed E-state index contributed by atoms with van der Waals surface area (Å²) in [5.41, 5.74) is 6.42. The fourth-order valence-corrected chi connectivity index (χ4v) is 2.89. The van der Waals surface area contributed by atoms with E-state index in [4.69, 9.17) is 0 Å². The van der Waals surface area contributed by atoms with Crippen LogP contribution in [0.1, 0.15) is 0 Å². The summed E-state index contributed by atoms with van der Waals surface area (Å²) in [6.45, 7) is 0. The number of aromatic nitrogens is 1. The SMILES string of the molecule is Fc1ccc(-c2cccc(-c3ccc(-c4ccccn4)cc3)c2)cc1. The van der Waals surface area contributed by atoms with Crippen molar-refractivity contribution < 1.29 is 4.39 Å². The quantitative estimate of drug-likeness (QED) is 0.435. The highest BCUT2D eigenvalue weighted by Crippen LogP contribution is 2.28. The lowest BCUT2D eigenvalue weighted by molar-refractivity contribution is 0.628. The van der Waals surface area contributed by atoms with E-state index in [2.05, 4.69) is 41.4 Å². The van der Waals surface area contributed by atoms with Crippen LogP contribution in [0.2, 0.25) is 0 Å². The van der Waals surface area contributed by atoms with Crippen LogP contribution in [-0.4, -0.2) is 4.98 Å². The van der Waals surface area contributed by atoms with Gasteiger partial charge in [0.25, 0.3) is 0 Å². The number of halogens is 1. The first-order valence-corrected chi connectivity index (χ1v) is 8.17. The van der Waals surface area contributed by atoms with Gasteiger partial charge in [-0.2, -0.15) is 0 Å². The Kier molecular flexibility index (Phi) is 4.09. The van der Waals surface area contributed by atoms with Crippen molar-refractivity contribution in [3.8, 4) is 33.5 Å². The van der Waals surface area contributed by atoms with E-state index in [0.717, 1.165) is 33.5 Å². The molecule has 0 aliphatic rings. The van der Waals surface area contributed by atoms with Crippen LogP contribution in [0, 0.1) is 5.82 Å². The second kappa shape index (κ2) is 6.70. The van der Waals surface area contributed by atoms with Gasteiger partial charge in [0.2, 0.25) is 0 Å². The molecule has 1 nitrogen and oxygen atoms in total. The molecule has 0 amide bonds. The molecular formula is C23H16FN. The zero-order valence-corrected chi connectivity index (χ0v) is 13.6. The molecule has 4 aromatic rings. The van der Waals surface area contributed by atoms with Gasteiger partial charge in [0, 0.05) is 11.8 Å². The molecule has 25 heavy (non-hydrogen) atoms. The first-order valence-electron chi connectivity index (χ1n) is 8.17. The van der Waals surface area contributed by atoms with Gasteiger partial charge in [-0.15, -0.1) is 0 Å². The molecule has 0 fully saturated rings. The summed E-state index contributed by atoms with van der Waals surface area (Å²) in [6.07, 6.45) is 1.80. The lowest BCUT2D eigenvalue weighted by Gasteiger charge is -2.07. The molecule has 0 atom stereocenters. The Bertz CT molecular complexity index is 974. The normalized spacial score (nSPS) is 10.6. The highest BCUT2D eigenvalue weighted by Gasteiger charge is 2.04. The molecule has 0 bridgehead atoms. The first kappa shape index (κ1) is 15.3. The maximum absolute atomic E-state index is 13.1. The summed E-state index contributed by atoms with van der Waals surface area (Å²) in [5, 5.41) is 0. The fourth-order valence-electron chi connectivity index (χ4n) is 2.89. The van der Waals surface area contributed by atoms with Crippen molar-refractivity contribution >= 4 is 0 Å². The number of hydrogen-bond donors (Lipinski definition) is 0. The minimum absolute atomic E-state index is 0.218. The van der Waals surface area contributed by atoms with E-state index in [1.165, 1.54) is 12.1 Å². The molecule has 0 spiro atoms. The number of nitrogens with zero attached hydrogens (tertiary/aromatic N) is 1. The van der Waals surface area contributed by atoms with Crippen LogP contribution in [0.3, 0.4) is 0 Å². The summed E-state index contributed by atoms with van der Waals surface area (Å²) in [6, 6.07) is 29.2. The van der Waals surface area contributed by atoms with E-state index in [1.807, 2.05) is 30.3 Å². The minimum Gasteiger partial charge on any atom is -0.256 e. The van der Waals surface area contributed by atoms with Gasteiger partial charge in [0.1, 0.15) is 5.82 Å². The Morgan fingerprint density at radius 2 is 1.12 bits per heavy atom. The molecule has 1 aromatic heterocycles. The summed E-state index contributed by atoms with van der Waals surface area (Å²) in [5.74, 6) is -0.218. The van der Waals surface area contributed by atoms with Crippen molar-refractivity contribution in [3.63, 3.8) is 0 Å². The summed E-state index contributed by atoms with van der Waals surface area (Å²) in [4.78, 5) is 4.38. The molecule has 2 heteroatoms. The van der Waals surface area contributed by atoms with Crippen LogP contribution in [-0.2, 0) is 0 Å². The lowest BCUT2D eigenvalue weighted by Crippen LogP contribution is -1.84. The van der Waals surface area contributed by atoms with Gasteiger partial charge in [-0.05, 0) is 52.6 Å². The molecule has 0 saturated heterocycles. The van der Waals surface area contributed by atoms with Crippen molar-refractivity contribution in [2.75, 3.05) is 0 Å². The van der Waals surface area contributed by atoms with Crippen molar-refractivity contribution in [1.82, 2.24) is 4.98 Å². The third-order valence-electron chi connectivity index (χ3n) is 4.22. The fraction of sp³-hybridized carbons (Fsp3) is 0. The predicted molar refractivity (Wildman–Crippen MR) is 101 cm³/mol. The average molecular weight is 325 g/mol. The second-order valence-electron chi connectivity index (χ2n) is 5.88. The largest absolute Gasteiger partial charge is 0.256 e. The first-order chi connectivity index (χ1) is 12.3. The maximum atomic E-state index is 13.1. The highest BCUT2D eigenvalue weighted by atomic mass is 19.1. The van der Waals surface area contributed by atoms with Gasteiger partial charge >= 0.3 is 0 Å². The van der Waals surface area contributed by atoms with Gasteiger partial charge in [0.05, 0.1) is 5.69 Å². The van der Waals surface area contributed by atoms with Crippen molar-refractivity contribution in [1.29, 1.82) is 0 Å². The van der Waals surface area contributed by atoms with Crippen molar-refractivity contribution in [2.45, 2.75) is 0 Å². The molecule has 0 unspecified atom stereocenters. The molecule has 0 saturated carbocycles. The molecule has 3 aromatic carbocycles. The minimum atomic E-state index is -0.218. The van der Waals surface area contributed by atoms with Crippen LogP contribution in [0.5, 0.6) is 0 Å². The number of rotatable bonds is 3. The molecule has 0 aliphatic heterocycles. The number of hydrogen-bond acceptors (Lipinski definition) is 1. The Labute approximate surface area is 146 Å². The zero-order chi connectivity index (χ0) is 17.1. The Balaban J connectivity index is 1.66. The number of benzene rings is 3. The summed E-state index contributed by atoms with van der Waals surface area (Å²) in [7, 11) is 0.